The minimum absolute atomic E-state index is 0.0552. The summed E-state index contributed by atoms with van der Waals surface area (Å²) in [6.07, 6.45) is 3.17. The van der Waals surface area contributed by atoms with Gasteiger partial charge in [0.1, 0.15) is 11.3 Å². The van der Waals surface area contributed by atoms with Gasteiger partial charge in [-0.1, -0.05) is 0 Å². The molecule has 1 saturated heterocycles. The Balaban J connectivity index is 1.50. The zero-order valence-electron chi connectivity index (χ0n) is 14.9. The molecule has 27 heavy (non-hydrogen) atoms. The number of methoxy groups -OCH3 is 1. The Morgan fingerprint density at radius 3 is 2.78 bits per heavy atom. The maximum atomic E-state index is 12.9. The molecule has 0 radical (unpaired) electrons. The molecule has 0 atom stereocenters. The Labute approximate surface area is 156 Å². The summed E-state index contributed by atoms with van der Waals surface area (Å²) < 4.78 is 10.7. The van der Waals surface area contributed by atoms with Crippen LogP contribution in [-0.4, -0.2) is 49.1 Å². The predicted octanol–water partition coefficient (Wildman–Crippen LogP) is 2.67. The van der Waals surface area contributed by atoms with Crippen LogP contribution in [0.25, 0.3) is 11.1 Å². The molecule has 3 heterocycles. The monoisotopic (exact) mass is 362 g/mol. The number of aromatic nitrogens is 1. The molecule has 1 fully saturated rings. The molecule has 7 heteroatoms. The van der Waals surface area contributed by atoms with Gasteiger partial charge >= 0.3 is 0 Å². The Morgan fingerprint density at radius 1 is 1.22 bits per heavy atom. The van der Waals surface area contributed by atoms with E-state index < -0.39 is 0 Å². The van der Waals surface area contributed by atoms with Crippen molar-refractivity contribution < 1.29 is 13.9 Å². The Bertz CT molecular complexity index is 1030. The van der Waals surface area contributed by atoms with E-state index >= 15 is 0 Å². The van der Waals surface area contributed by atoms with Gasteiger partial charge in [0, 0.05) is 50.2 Å². The predicted molar refractivity (Wildman–Crippen MR) is 99.8 cm³/mol. The fourth-order valence-corrected chi connectivity index (χ4v) is 3.33. The minimum Gasteiger partial charge on any atom is -0.497 e. The lowest BCUT2D eigenvalue weighted by Gasteiger charge is -2.36. The second kappa shape index (κ2) is 7.00. The molecule has 0 saturated carbocycles. The maximum absolute atomic E-state index is 12.9. The quantitative estimate of drug-likeness (QED) is 0.712. The lowest BCUT2D eigenvalue weighted by molar-refractivity contribution is 0.0747. The number of amides is 1. The summed E-state index contributed by atoms with van der Waals surface area (Å²) in [7, 11) is 1.58. The highest BCUT2D eigenvalue weighted by atomic mass is 16.5. The number of piperazine rings is 1. The third-order valence-corrected chi connectivity index (χ3v) is 4.76. The van der Waals surface area contributed by atoms with Crippen molar-refractivity contribution in [1.29, 1.82) is 5.26 Å². The van der Waals surface area contributed by atoms with Crippen LogP contribution in [0.1, 0.15) is 15.9 Å². The highest BCUT2D eigenvalue weighted by Crippen LogP contribution is 2.26. The molecule has 0 bridgehead atoms. The number of hydrogen-bond acceptors (Lipinski definition) is 6. The van der Waals surface area contributed by atoms with Gasteiger partial charge in [-0.05, 0) is 18.2 Å². The number of nitriles is 1. The third-order valence-electron chi connectivity index (χ3n) is 4.76. The van der Waals surface area contributed by atoms with Crippen molar-refractivity contribution in [3.05, 3.63) is 53.9 Å². The summed E-state index contributed by atoms with van der Waals surface area (Å²) in [4.78, 5) is 21.1. The molecule has 1 amide bonds. The molecule has 4 rings (SSSR count). The van der Waals surface area contributed by atoms with Crippen LogP contribution in [0.4, 0.5) is 5.69 Å². The van der Waals surface area contributed by atoms with Gasteiger partial charge in [0.05, 0.1) is 30.6 Å². The van der Waals surface area contributed by atoms with Crippen molar-refractivity contribution in [2.75, 3.05) is 38.2 Å². The van der Waals surface area contributed by atoms with Gasteiger partial charge in [0.2, 0.25) is 0 Å². The molecular weight excluding hydrogens is 344 g/mol. The number of furan rings is 1. The fourth-order valence-electron chi connectivity index (χ4n) is 3.33. The zero-order chi connectivity index (χ0) is 18.8. The van der Waals surface area contributed by atoms with E-state index in [-0.39, 0.29) is 5.91 Å². The van der Waals surface area contributed by atoms with Gasteiger partial charge in [-0.3, -0.25) is 9.78 Å². The van der Waals surface area contributed by atoms with Crippen molar-refractivity contribution >= 4 is 22.7 Å². The van der Waals surface area contributed by atoms with E-state index in [4.69, 9.17) is 9.15 Å². The molecule has 136 valence electrons. The van der Waals surface area contributed by atoms with Crippen molar-refractivity contribution in [2.24, 2.45) is 0 Å². The number of carbonyl (C=O) groups is 1. The molecule has 1 aliphatic heterocycles. The van der Waals surface area contributed by atoms with Crippen molar-refractivity contribution in [3.8, 4) is 11.8 Å². The number of ether oxygens (including phenoxy) is 1. The van der Waals surface area contributed by atoms with Gasteiger partial charge in [0.15, 0.2) is 5.58 Å². The Kier molecular flexibility index (Phi) is 4.38. The largest absolute Gasteiger partial charge is 0.497 e. The van der Waals surface area contributed by atoms with E-state index in [0.29, 0.717) is 54.2 Å². The topological polar surface area (TPSA) is 82.6 Å². The first-order chi connectivity index (χ1) is 13.2. The SMILES string of the molecule is COc1cc(C#N)cc(N2CCN(C(=O)c3ccnc4ccoc34)CC2)c1. The van der Waals surface area contributed by atoms with Crippen LogP contribution in [-0.2, 0) is 0 Å². The number of benzene rings is 1. The Hall–Kier alpha value is -3.53. The minimum atomic E-state index is -0.0552. The lowest BCUT2D eigenvalue weighted by Crippen LogP contribution is -2.48. The first-order valence-electron chi connectivity index (χ1n) is 8.65. The average molecular weight is 362 g/mol. The maximum Gasteiger partial charge on any atom is 0.257 e. The van der Waals surface area contributed by atoms with Crippen LogP contribution in [0.2, 0.25) is 0 Å². The molecule has 0 N–H and O–H groups in total. The van der Waals surface area contributed by atoms with Crippen LogP contribution in [0.5, 0.6) is 5.75 Å². The van der Waals surface area contributed by atoms with Gasteiger partial charge < -0.3 is 19.0 Å². The second-order valence-electron chi connectivity index (χ2n) is 6.30. The number of rotatable bonds is 3. The van der Waals surface area contributed by atoms with Gasteiger partial charge in [0.25, 0.3) is 5.91 Å². The molecular formula is C20H18N4O3. The van der Waals surface area contributed by atoms with Gasteiger partial charge in [-0.2, -0.15) is 5.26 Å². The highest BCUT2D eigenvalue weighted by Gasteiger charge is 2.25. The number of nitrogens with zero attached hydrogens (tertiary/aromatic N) is 4. The highest BCUT2D eigenvalue weighted by molar-refractivity contribution is 6.03. The van der Waals surface area contributed by atoms with Crippen molar-refractivity contribution in [3.63, 3.8) is 0 Å². The van der Waals surface area contributed by atoms with Crippen LogP contribution >= 0.6 is 0 Å². The van der Waals surface area contributed by atoms with Crippen molar-refractivity contribution in [2.45, 2.75) is 0 Å². The number of pyridine rings is 1. The fraction of sp³-hybridized carbons (Fsp3) is 0.250. The normalized spacial score (nSPS) is 14.2. The van der Waals surface area contributed by atoms with E-state index in [1.807, 2.05) is 17.0 Å². The van der Waals surface area contributed by atoms with Crippen LogP contribution in [0.3, 0.4) is 0 Å². The lowest BCUT2D eigenvalue weighted by atomic mass is 10.1. The summed E-state index contributed by atoms with van der Waals surface area (Å²) in [6.45, 7) is 2.53. The third kappa shape index (κ3) is 3.17. The van der Waals surface area contributed by atoms with Crippen LogP contribution < -0.4 is 9.64 Å². The van der Waals surface area contributed by atoms with E-state index in [1.54, 1.807) is 37.8 Å². The summed E-state index contributed by atoms with van der Waals surface area (Å²) in [6, 6.07) is 11.1. The second-order valence-corrected chi connectivity index (χ2v) is 6.30. The summed E-state index contributed by atoms with van der Waals surface area (Å²) in [5.41, 5.74) is 3.22. The van der Waals surface area contributed by atoms with E-state index in [1.165, 1.54) is 0 Å². The van der Waals surface area contributed by atoms with Gasteiger partial charge in [-0.15, -0.1) is 0 Å². The number of hydrogen-bond donors (Lipinski definition) is 0. The van der Waals surface area contributed by atoms with E-state index in [9.17, 15) is 10.1 Å². The number of carbonyl (C=O) groups excluding carboxylic acids is 1. The van der Waals surface area contributed by atoms with Gasteiger partial charge in [-0.25, -0.2) is 0 Å². The molecule has 1 aliphatic rings. The number of fused-ring (bicyclic) bond motifs is 1. The standard InChI is InChI=1S/C20H18N4O3/c1-26-16-11-14(13-21)10-15(12-16)23-5-7-24(8-6-23)20(25)17-2-4-22-18-3-9-27-19(17)18/h2-4,9-12H,5-8H2,1H3. The van der Waals surface area contributed by atoms with Crippen LogP contribution in [0.15, 0.2) is 47.2 Å². The molecule has 1 aromatic carbocycles. The smallest absolute Gasteiger partial charge is 0.257 e. The first-order valence-corrected chi connectivity index (χ1v) is 8.65. The number of anilines is 1. The molecule has 2 aromatic heterocycles. The van der Waals surface area contributed by atoms with Crippen molar-refractivity contribution in [1.82, 2.24) is 9.88 Å². The molecule has 7 nitrogen and oxygen atoms in total. The Morgan fingerprint density at radius 2 is 2.04 bits per heavy atom. The summed E-state index contributed by atoms with van der Waals surface area (Å²) in [5.74, 6) is 0.597. The summed E-state index contributed by atoms with van der Waals surface area (Å²) >= 11 is 0. The summed E-state index contributed by atoms with van der Waals surface area (Å²) in [5, 5.41) is 9.20. The first kappa shape index (κ1) is 16.9. The average Bonchev–Trinajstić information content (AvgIpc) is 3.22. The van der Waals surface area contributed by atoms with Crippen LogP contribution in [0, 0.1) is 11.3 Å². The molecule has 3 aromatic rings. The zero-order valence-corrected chi connectivity index (χ0v) is 14.9. The molecule has 0 spiro atoms. The van der Waals surface area contributed by atoms with E-state index in [2.05, 4.69) is 16.0 Å². The molecule has 0 aliphatic carbocycles. The molecule has 0 unspecified atom stereocenters. The van der Waals surface area contributed by atoms with E-state index in [0.717, 1.165) is 5.69 Å².